The largest absolute Gasteiger partial charge is 0.390 e. The summed E-state index contributed by atoms with van der Waals surface area (Å²) in [7, 11) is 0. The maximum absolute atomic E-state index is 13.8. The van der Waals surface area contributed by atoms with E-state index in [0.29, 0.717) is 17.2 Å². The van der Waals surface area contributed by atoms with Crippen LogP contribution < -0.4 is 0 Å². The van der Waals surface area contributed by atoms with Gasteiger partial charge in [0.2, 0.25) is 0 Å². The van der Waals surface area contributed by atoms with Crippen LogP contribution in [0.4, 0.5) is 4.39 Å². The lowest BCUT2D eigenvalue weighted by Crippen LogP contribution is -2.24. The van der Waals surface area contributed by atoms with Gasteiger partial charge in [0, 0.05) is 18.1 Å². The first kappa shape index (κ1) is 16.0. The van der Waals surface area contributed by atoms with Gasteiger partial charge in [0.15, 0.2) is 0 Å². The predicted molar refractivity (Wildman–Crippen MR) is 81.9 cm³/mol. The van der Waals surface area contributed by atoms with E-state index in [4.69, 9.17) is 16.3 Å². The van der Waals surface area contributed by atoms with E-state index < -0.39 is 18.0 Å². The van der Waals surface area contributed by atoms with Crippen LogP contribution in [0, 0.1) is 5.82 Å². The first-order valence-electron chi connectivity index (χ1n) is 6.90. The van der Waals surface area contributed by atoms with Crippen LogP contribution in [0.5, 0.6) is 0 Å². The number of aliphatic hydroxyl groups is 1. The summed E-state index contributed by atoms with van der Waals surface area (Å²) in [6, 6.07) is 13.9. The second-order valence-corrected chi connectivity index (χ2v) is 5.23. The number of aliphatic hydroxyl groups excluding tert-OH is 1. The molecular formula is C17H18ClFO2. The molecular weight excluding hydrogens is 291 g/mol. The zero-order chi connectivity index (χ0) is 15.2. The predicted octanol–water partition coefficient (Wildman–Crippen LogP) is 4.16. The number of rotatable bonds is 6. The molecule has 0 radical (unpaired) electrons. The molecule has 0 fully saturated rings. The van der Waals surface area contributed by atoms with Crippen molar-refractivity contribution in [3.8, 4) is 0 Å². The van der Waals surface area contributed by atoms with Gasteiger partial charge in [-0.05, 0) is 30.2 Å². The van der Waals surface area contributed by atoms with E-state index in [-0.39, 0.29) is 6.42 Å². The third kappa shape index (κ3) is 4.27. The number of hydrogen-bond acceptors (Lipinski definition) is 2. The molecule has 21 heavy (non-hydrogen) atoms. The molecule has 0 aromatic heterocycles. The Bertz CT molecular complexity index is 574. The Morgan fingerprint density at radius 3 is 2.52 bits per heavy atom. The van der Waals surface area contributed by atoms with E-state index in [1.165, 1.54) is 6.07 Å². The lowest BCUT2D eigenvalue weighted by atomic mass is 9.98. The van der Waals surface area contributed by atoms with Crippen LogP contribution in [0.25, 0.3) is 0 Å². The first-order valence-corrected chi connectivity index (χ1v) is 7.28. The maximum atomic E-state index is 13.8. The fraction of sp³-hybridized carbons (Fsp3) is 0.294. The Hall–Kier alpha value is -1.42. The van der Waals surface area contributed by atoms with Crippen molar-refractivity contribution in [1.82, 2.24) is 0 Å². The lowest BCUT2D eigenvalue weighted by Gasteiger charge is -2.23. The summed E-state index contributed by atoms with van der Waals surface area (Å²) in [6.07, 6.45) is -1.14. The quantitative estimate of drug-likeness (QED) is 0.868. The molecule has 0 aliphatic carbocycles. The van der Waals surface area contributed by atoms with Crippen molar-refractivity contribution in [2.45, 2.75) is 25.6 Å². The van der Waals surface area contributed by atoms with E-state index >= 15 is 0 Å². The molecule has 0 saturated carbocycles. The van der Waals surface area contributed by atoms with E-state index in [2.05, 4.69) is 0 Å². The van der Waals surface area contributed by atoms with Gasteiger partial charge in [-0.25, -0.2) is 4.39 Å². The Morgan fingerprint density at radius 1 is 1.19 bits per heavy atom. The van der Waals surface area contributed by atoms with Crippen molar-refractivity contribution in [2.75, 3.05) is 6.61 Å². The lowest BCUT2D eigenvalue weighted by molar-refractivity contribution is -0.0342. The molecule has 0 heterocycles. The molecule has 2 atom stereocenters. The van der Waals surface area contributed by atoms with Crippen molar-refractivity contribution in [1.29, 1.82) is 0 Å². The van der Waals surface area contributed by atoms with Crippen LogP contribution in [-0.2, 0) is 11.2 Å². The summed E-state index contributed by atoms with van der Waals surface area (Å²) in [5.41, 5.74) is 1.30. The third-order valence-corrected chi connectivity index (χ3v) is 3.50. The molecule has 0 aliphatic heterocycles. The van der Waals surface area contributed by atoms with Crippen LogP contribution in [0.3, 0.4) is 0 Å². The monoisotopic (exact) mass is 308 g/mol. The van der Waals surface area contributed by atoms with Gasteiger partial charge in [0.1, 0.15) is 11.9 Å². The number of hydrogen-bond donors (Lipinski definition) is 1. The number of benzene rings is 2. The summed E-state index contributed by atoms with van der Waals surface area (Å²) in [5, 5.41) is 10.8. The third-order valence-electron chi connectivity index (χ3n) is 3.27. The highest BCUT2D eigenvalue weighted by atomic mass is 35.5. The standard InChI is InChI=1S/C17H18ClFO2/c1-2-21-17(12-6-4-3-5-7-12)16(20)10-13-8-9-14(18)11-15(13)19/h3-9,11,16-17,20H,2,10H2,1H3. The molecule has 2 unspecified atom stereocenters. The summed E-state index contributed by atoms with van der Waals surface area (Å²) in [6.45, 7) is 2.34. The van der Waals surface area contributed by atoms with E-state index in [0.717, 1.165) is 5.56 Å². The van der Waals surface area contributed by atoms with Crippen LogP contribution in [0.15, 0.2) is 48.5 Å². The Kier molecular flexibility index (Phi) is 5.74. The normalized spacial score (nSPS) is 13.9. The fourth-order valence-corrected chi connectivity index (χ4v) is 2.43. The molecule has 1 N–H and O–H groups in total. The molecule has 2 nitrogen and oxygen atoms in total. The van der Waals surface area contributed by atoms with E-state index in [1.807, 2.05) is 37.3 Å². The van der Waals surface area contributed by atoms with Crippen LogP contribution in [0.1, 0.15) is 24.2 Å². The van der Waals surface area contributed by atoms with Crippen molar-refractivity contribution < 1.29 is 14.2 Å². The smallest absolute Gasteiger partial charge is 0.127 e. The molecule has 4 heteroatoms. The molecule has 0 bridgehead atoms. The second-order valence-electron chi connectivity index (χ2n) is 4.79. The molecule has 0 amide bonds. The highest BCUT2D eigenvalue weighted by molar-refractivity contribution is 6.30. The second kappa shape index (κ2) is 7.55. The minimum atomic E-state index is -0.831. The average molecular weight is 309 g/mol. The summed E-state index contributed by atoms with van der Waals surface area (Å²) >= 11 is 5.73. The molecule has 0 aliphatic rings. The molecule has 112 valence electrons. The zero-order valence-corrected chi connectivity index (χ0v) is 12.6. The SMILES string of the molecule is CCOC(c1ccccc1)C(O)Cc1ccc(Cl)cc1F. The van der Waals surface area contributed by atoms with Gasteiger partial charge in [-0.1, -0.05) is 48.0 Å². The van der Waals surface area contributed by atoms with Crippen molar-refractivity contribution in [3.05, 3.63) is 70.5 Å². The molecule has 2 rings (SSSR count). The number of halogens is 2. The highest BCUT2D eigenvalue weighted by Crippen LogP contribution is 2.25. The van der Waals surface area contributed by atoms with Gasteiger partial charge in [0.25, 0.3) is 0 Å². The fourth-order valence-electron chi connectivity index (χ4n) is 2.27. The van der Waals surface area contributed by atoms with Gasteiger partial charge in [-0.3, -0.25) is 0 Å². The topological polar surface area (TPSA) is 29.5 Å². The van der Waals surface area contributed by atoms with Crippen LogP contribution >= 0.6 is 11.6 Å². The van der Waals surface area contributed by atoms with Crippen molar-refractivity contribution in [3.63, 3.8) is 0 Å². The first-order chi connectivity index (χ1) is 10.1. The molecule has 0 saturated heterocycles. The summed E-state index contributed by atoms with van der Waals surface area (Å²) in [5.74, 6) is -0.412. The molecule has 2 aromatic carbocycles. The Labute approximate surface area is 129 Å². The van der Waals surface area contributed by atoms with Gasteiger partial charge < -0.3 is 9.84 Å². The number of ether oxygens (including phenoxy) is 1. The van der Waals surface area contributed by atoms with E-state index in [1.54, 1.807) is 12.1 Å². The minimum absolute atomic E-state index is 0.169. The zero-order valence-electron chi connectivity index (χ0n) is 11.8. The van der Waals surface area contributed by atoms with Gasteiger partial charge in [-0.15, -0.1) is 0 Å². The minimum Gasteiger partial charge on any atom is -0.390 e. The Morgan fingerprint density at radius 2 is 1.90 bits per heavy atom. The maximum Gasteiger partial charge on any atom is 0.127 e. The van der Waals surface area contributed by atoms with Crippen molar-refractivity contribution >= 4 is 11.6 Å². The van der Waals surface area contributed by atoms with E-state index in [9.17, 15) is 9.50 Å². The van der Waals surface area contributed by atoms with Gasteiger partial charge >= 0.3 is 0 Å². The van der Waals surface area contributed by atoms with Crippen LogP contribution in [0.2, 0.25) is 5.02 Å². The average Bonchev–Trinajstić information content (AvgIpc) is 2.48. The van der Waals surface area contributed by atoms with Crippen molar-refractivity contribution in [2.24, 2.45) is 0 Å². The highest BCUT2D eigenvalue weighted by Gasteiger charge is 2.22. The van der Waals surface area contributed by atoms with Gasteiger partial charge in [0.05, 0.1) is 6.10 Å². The van der Waals surface area contributed by atoms with Crippen LogP contribution in [-0.4, -0.2) is 17.8 Å². The Balaban J connectivity index is 2.17. The molecule has 0 spiro atoms. The summed E-state index contributed by atoms with van der Waals surface area (Å²) in [4.78, 5) is 0. The summed E-state index contributed by atoms with van der Waals surface area (Å²) < 4.78 is 19.5. The van der Waals surface area contributed by atoms with Gasteiger partial charge in [-0.2, -0.15) is 0 Å². The molecule has 2 aromatic rings.